The van der Waals surface area contributed by atoms with Gasteiger partial charge in [0.25, 0.3) is 5.91 Å². The van der Waals surface area contributed by atoms with Gasteiger partial charge in [-0.1, -0.05) is 25.4 Å². The number of nitrogens with one attached hydrogen (secondary N) is 2. The molecule has 5 nitrogen and oxygen atoms in total. The molecule has 20 heavy (non-hydrogen) atoms. The SMILES string of the molecule is CC(C)c1ncc(Cl)c(C(=O)NC[C@@H]2C[C@H](F)CN2)n1. The lowest BCUT2D eigenvalue weighted by molar-refractivity contribution is 0.0944. The Morgan fingerprint density at radius 3 is 3.00 bits per heavy atom. The van der Waals surface area contributed by atoms with Gasteiger partial charge >= 0.3 is 0 Å². The number of nitrogens with zero attached hydrogens (tertiary/aromatic N) is 2. The number of amides is 1. The van der Waals surface area contributed by atoms with Gasteiger partial charge in [-0.05, 0) is 6.42 Å². The minimum absolute atomic E-state index is 0.0425. The Bertz CT molecular complexity index is 497. The molecular formula is C13H18ClFN4O. The zero-order valence-corrected chi connectivity index (χ0v) is 12.2. The highest BCUT2D eigenvalue weighted by molar-refractivity contribution is 6.33. The molecular weight excluding hydrogens is 283 g/mol. The minimum atomic E-state index is -0.841. The lowest BCUT2D eigenvalue weighted by atomic mass is 10.2. The molecule has 110 valence electrons. The van der Waals surface area contributed by atoms with Crippen molar-refractivity contribution < 1.29 is 9.18 Å². The van der Waals surface area contributed by atoms with E-state index in [1.165, 1.54) is 6.20 Å². The van der Waals surface area contributed by atoms with Crippen molar-refractivity contribution in [3.8, 4) is 0 Å². The Labute approximate surface area is 122 Å². The topological polar surface area (TPSA) is 66.9 Å². The fourth-order valence-electron chi connectivity index (χ4n) is 2.04. The number of hydrogen-bond donors (Lipinski definition) is 2. The lowest BCUT2D eigenvalue weighted by Crippen LogP contribution is -2.37. The molecule has 0 radical (unpaired) electrons. The first kappa shape index (κ1) is 15.1. The summed E-state index contributed by atoms with van der Waals surface area (Å²) in [5.41, 5.74) is 0.167. The van der Waals surface area contributed by atoms with Gasteiger partial charge in [-0.2, -0.15) is 0 Å². The van der Waals surface area contributed by atoms with Gasteiger partial charge in [0.2, 0.25) is 0 Å². The Morgan fingerprint density at radius 1 is 1.65 bits per heavy atom. The molecule has 0 bridgehead atoms. The largest absolute Gasteiger partial charge is 0.349 e. The van der Waals surface area contributed by atoms with E-state index in [2.05, 4.69) is 20.6 Å². The Hall–Kier alpha value is -1.27. The van der Waals surface area contributed by atoms with Crippen molar-refractivity contribution in [2.24, 2.45) is 0 Å². The van der Waals surface area contributed by atoms with Crippen molar-refractivity contribution in [1.29, 1.82) is 0 Å². The second kappa shape index (κ2) is 6.45. The maximum atomic E-state index is 13.0. The van der Waals surface area contributed by atoms with Crippen LogP contribution in [-0.2, 0) is 0 Å². The predicted octanol–water partition coefficient (Wildman–Crippen LogP) is 1.68. The van der Waals surface area contributed by atoms with Crippen LogP contribution in [0.1, 0.15) is 42.5 Å². The van der Waals surface area contributed by atoms with Crippen molar-refractivity contribution in [2.75, 3.05) is 13.1 Å². The van der Waals surface area contributed by atoms with Crippen molar-refractivity contribution in [3.63, 3.8) is 0 Å². The molecule has 1 aliphatic rings. The van der Waals surface area contributed by atoms with E-state index in [0.717, 1.165) is 0 Å². The van der Waals surface area contributed by atoms with Crippen LogP contribution < -0.4 is 10.6 Å². The average Bonchev–Trinajstić information content (AvgIpc) is 2.82. The molecule has 2 atom stereocenters. The Morgan fingerprint density at radius 2 is 2.40 bits per heavy atom. The van der Waals surface area contributed by atoms with Crippen molar-refractivity contribution >= 4 is 17.5 Å². The number of aromatic nitrogens is 2. The number of carbonyl (C=O) groups is 1. The predicted molar refractivity (Wildman–Crippen MR) is 74.8 cm³/mol. The summed E-state index contributed by atoms with van der Waals surface area (Å²) in [5.74, 6) is 0.327. The first-order valence-corrected chi connectivity index (χ1v) is 7.03. The van der Waals surface area contributed by atoms with Gasteiger partial charge in [0, 0.05) is 25.0 Å². The Balaban J connectivity index is 1.99. The third-order valence-electron chi connectivity index (χ3n) is 3.17. The van der Waals surface area contributed by atoms with Crippen LogP contribution in [-0.4, -0.2) is 41.2 Å². The molecule has 1 amide bonds. The quantitative estimate of drug-likeness (QED) is 0.888. The van der Waals surface area contributed by atoms with E-state index in [9.17, 15) is 9.18 Å². The Kier molecular flexibility index (Phi) is 4.88. The zero-order valence-electron chi connectivity index (χ0n) is 11.5. The van der Waals surface area contributed by atoms with E-state index < -0.39 is 6.17 Å². The van der Waals surface area contributed by atoms with Gasteiger partial charge in [0.1, 0.15) is 17.7 Å². The minimum Gasteiger partial charge on any atom is -0.349 e. The van der Waals surface area contributed by atoms with E-state index in [-0.39, 0.29) is 28.6 Å². The van der Waals surface area contributed by atoms with Crippen LogP contribution in [0.5, 0.6) is 0 Å². The summed E-state index contributed by atoms with van der Waals surface area (Å²) in [6.07, 6.45) is 1.01. The van der Waals surface area contributed by atoms with Gasteiger partial charge in [-0.15, -0.1) is 0 Å². The molecule has 2 heterocycles. The van der Waals surface area contributed by atoms with Gasteiger partial charge in [0.15, 0.2) is 0 Å². The van der Waals surface area contributed by atoms with Crippen LogP contribution in [0.3, 0.4) is 0 Å². The van der Waals surface area contributed by atoms with Crippen LogP contribution in [0.4, 0.5) is 4.39 Å². The smallest absolute Gasteiger partial charge is 0.271 e. The van der Waals surface area contributed by atoms with Gasteiger partial charge in [0.05, 0.1) is 11.2 Å². The third kappa shape index (κ3) is 3.64. The number of halogens is 2. The molecule has 7 heteroatoms. The third-order valence-corrected chi connectivity index (χ3v) is 3.45. The molecule has 2 rings (SSSR count). The van der Waals surface area contributed by atoms with Crippen molar-refractivity contribution in [1.82, 2.24) is 20.6 Å². The summed E-state index contributed by atoms with van der Waals surface area (Å²) in [6.45, 7) is 4.58. The van der Waals surface area contributed by atoms with Gasteiger partial charge < -0.3 is 10.6 Å². The molecule has 0 saturated carbocycles. The summed E-state index contributed by atoms with van der Waals surface area (Å²) in [5, 5.41) is 5.94. The first-order valence-electron chi connectivity index (χ1n) is 6.65. The summed E-state index contributed by atoms with van der Waals surface area (Å²) in [7, 11) is 0. The van der Waals surface area contributed by atoms with Crippen LogP contribution in [0.15, 0.2) is 6.20 Å². The normalized spacial score (nSPS) is 22.2. The van der Waals surface area contributed by atoms with Crippen LogP contribution in [0.25, 0.3) is 0 Å². The number of alkyl halides is 1. The monoisotopic (exact) mass is 300 g/mol. The molecule has 1 aromatic heterocycles. The first-order chi connectivity index (χ1) is 9.47. The molecule has 0 unspecified atom stereocenters. The highest BCUT2D eigenvalue weighted by Gasteiger charge is 2.24. The van der Waals surface area contributed by atoms with Gasteiger partial charge in [-0.3, -0.25) is 4.79 Å². The van der Waals surface area contributed by atoms with Crippen molar-refractivity contribution in [3.05, 3.63) is 22.7 Å². The second-order valence-electron chi connectivity index (χ2n) is 5.23. The van der Waals surface area contributed by atoms with Crippen molar-refractivity contribution in [2.45, 2.75) is 38.4 Å². The standard InChI is InChI=1S/C13H18ClFN4O/c1-7(2)12-17-6-10(14)11(19-12)13(20)18-5-9-3-8(15)4-16-9/h6-9,16H,3-5H2,1-2H3,(H,18,20)/t8-,9-/m0/s1. The van der Waals surface area contributed by atoms with Crippen LogP contribution in [0, 0.1) is 0 Å². The fourth-order valence-corrected chi connectivity index (χ4v) is 2.22. The number of carbonyl (C=O) groups excluding carboxylic acids is 1. The number of hydrogen-bond acceptors (Lipinski definition) is 4. The fraction of sp³-hybridized carbons (Fsp3) is 0.615. The lowest BCUT2D eigenvalue weighted by Gasteiger charge is -2.12. The maximum absolute atomic E-state index is 13.0. The number of rotatable bonds is 4. The molecule has 1 aliphatic heterocycles. The highest BCUT2D eigenvalue weighted by atomic mass is 35.5. The summed E-state index contributed by atoms with van der Waals surface area (Å²) in [4.78, 5) is 20.3. The summed E-state index contributed by atoms with van der Waals surface area (Å²) >= 11 is 5.95. The second-order valence-corrected chi connectivity index (χ2v) is 5.63. The summed E-state index contributed by atoms with van der Waals surface area (Å²) in [6, 6.07) is -0.0425. The summed E-state index contributed by atoms with van der Waals surface area (Å²) < 4.78 is 13.0. The van der Waals surface area contributed by atoms with Crippen LogP contribution >= 0.6 is 11.6 Å². The molecule has 1 saturated heterocycles. The molecule has 0 aliphatic carbocycles. The van der Waals surface area contributed by atoms with E-state index in [1.807, 2.05) is 13.8 Å². The van der Waals surface area contributed by atoms with E-state index in [4.69, 9.17) is 11.6 Å². The van der Waals surface area contributed by atoms with E-state index in [0.29, 0.717) is 25.3 Å². The zero-order chi connectivity index (χ0) is 14.7. The van der Waals surface area contributed by atoms with Crippen LogP contribution in [0.2, 0.25) is 5.02 Å². The molecule has 1 fully saturated rings. The molecule has 1 aromatic rings. The van der Waals surface area contributed by atoms with E-state index in [1.54, 1.807) is 0 Å². The average molecular weight is 301 g/mol. The molecule has 0 spiro atoms. The molecule has 2 N–H and O–H groups in total. The van der Waals surface area contributed by atoms with E-state index >= 15 is 0 Å². The highest BCUT2D eigenvalue weighted by Crippen LogP contribution is 2.16. The van der Waals surface area contributed by atoms with Gasteiger partial charge in [-0.25, -0.2) is 14.4 Å². The maximum Gasteiger partial charge on any atom is 0.271 e. The molecule has 0 aromatic carbocycles.